The lowest BCUT2D eigenvalue weighted by Gasteiger charge is -1.94. The maximum atomic E-state index is 8.83. The third-order valence-electron chi connectivity index (χ3n) is 2.63. The Balaban J connectivity index is 2.00. The summed E-state index contributed by atoms with van der Waals surface area (Å²) < 4.78 is 5.20. The van der Waals surface area contributed by atoms with Gasteiger partial charge in [0.05, 0.1) is 0 Å². The summed E-state index contributed by atoms with van der Waals surface area (Å²) in [5.74, 6) is 0.775. The van der Waals surface area contributed by atoms with Crippen molar-refractivity contribution < 1.29 is 4.52 Å². The van der Waals surface area contributed by atoms with Crippen molar-refractivity contribution >= 4 is 11.6 Å². The first-order valence-electron chi connectivity index (χ1n) is 5.72. The maximum absolute atomic E-state index is 8.83. The molecule has 0 unspecified atom stereocenters. The zero-order valence-electron chi connectivity index (χ0n) is 10.1. The summed E-state index contributed by atoms with van der Waals surface area (Å²) in [6.07, 6.45) is 1.52. The second-order valence-electron chi connectivity index (χ2n) is 3.98. The molecule has 6 heteroatoms. The second kappa shape index (κ2) is 5.11. The molecule has 2 aromatic heterocycles. The molecule has 0 N–H and O–H groups in total. The lowest BCUT2D eigenvalue weighted by Crippen LogP contribution is -1.84. The summed E-state index contributed by atoms with van der Waals surface area (Å²) in [7, 11) is 0. The largest absolute Gasteiger partial charge is 0.334 e. The topological polar surface area (TPSA) is 75.6 Å². The summed E-state index contributed by atoms with van der Waals surface area (Å²) in [5.41, 5.74) is 1.71. The molecule has 0 atom stereocenters. The van der Waals surface area contributed by atoms with Gasteiger partial charge in [-0.3, -0.25) is 0 Å². The van der Waals surface area contributed by atoms with Crippen LogP contribution in [-0.2, 0) is 0 Å². The Morgan fingerprint density at radius 3 is 2.85 bits per heavy atom. The molecule has 20 heavy (non-hydrogen) atoms. The van der Waals surface area contributed by atoms with Crippen LogP contribution in [0.1, 0.15) is 5.69 Å². The smallest absolute Gasteiger partial charge is 0.258 e. The molecule has 0 amide bonds. The SMILES string of the molecule is N#Cc1cc(-c2nc(-c3cccc(Cl)c3)no2)ccn1. The third kappa shape index (κ3) is 2.37. The van der Waals surface area contributed by atoms with Crippen molar-refractivity contribution in [3.05, 3.63) is 53.3 Å². The summed E-state index contributed by atoms with van der Waals surface area (Å²) in [6.45, 7) is 0. The molecule has 96 valence electrons. The normalized spacial score (nSPS) is 10.2. The Hall–Kier alpha value is -2.71. The van der Waals surface area contributed by atoms with Gasteiger partial charge in [-0.25, -0.2) is 4.98 Å². The Kier molecular flexibility index (Phi) is 3.15. The predicted molar refractivity (Wildman–Crippen MR) is 72.7 cm³/mol. The molecule has 0 fully saturated rings. The van der Waals surface area contributed by atoms with Gasteiger partial charge >= 0.3 is 0 Å². The van der Waals surface area contributed by atoms with E-state index in [-0.39, 0.29) is 0 Å². The van der Waals surface area contributed by atoms with Crippen molar-refractivity contribution in [2.75, 3.05) is 0 Å². The van der Waals surface area contributed by atoms with Crippen LogP contribution in [0.4, 0.5) is 0 Å². The fraction of sp³-hybridized carbons (Fsp3) is 0. The molecule has 1 aromatic carbocycles. The van der Waals surface area contributed by atoms with Crippen molar-refractivity contribution in [1.82, 2.24) is 15.1 Å². The monoisotopic (exact) mass is 282 g/mol. The van der Waals surface area contributed by atoms with Crippen molar-refractivity contribution in [2.24, 2.45) is 0 Å². The average Bonchev–Trinajstić information content (AvgIpc) is 2.97. The number of halogens is 1. The number of hydrogen-bond donors (Lipinski definition) is 0. The lowest BCUT2D eigenvalue weighted by atomic mass is 10.2. The number of nitriles is 1. The molecule has 0 aliphatic carbocycles. The molecule has 3 aromatic rings. The van der Waals surface area contributed by atoms with E-state index in [0.717, 1.165) is 5.56 Å². The Labute approximate surface area is 119 Å². The van der Waals surface area contributed by atoms with E-state index in [1.54, 1.807) is 24.3 Å². The van der Waals surface area contributed by atoms with Gasteiger partial charge in [0.2, 0.25) is 5.82 Å². The zero-order chi connectivity index (χ0) is 13.9. The Bertz CT molecular complexity index is 807. The minimum Gasteiger partial charge on any atom is -0.334 e. The molecule has 0 spiro atoms. The van der Waals surface area contributed by atoms with Gasteiger partial charge in [-0.05, 0) is 24.3 Å². The number of aromatic nitrogens is 3. The molecule has 0 saturated heterocycles. The highest BCUT2D eigenvalue weighted by Gasteiger charge is 2.11. The van der Waals surface area contributed by atoms with Crippen LogP contribution in [0.25, 0.3) is 22.8 Å². The van der Waals surface area contributed by atoms with Crippen molar-refractivity contribution in [3.63, 3.8) is 0 Å². The van der Waals surface area contributed by atoms with Crippen molar-refractivity contribution in [1.29, 1.82) is 5.26 Å². The van der Waals surface area contributed by atoms with Gasteiger partial charge < -0.3 is 4.52 Å². The summed E-state index contributed by atoms with van der Waals surface area (Å²) >= 11 is 5.93. The molecule has 0 bridgehead atoms. The first kappa shape index (κ1) is 12.3. The standard InChI is InChI=1S/C14H7ClN4O/c15-11-3-1-2-9(6-11)13-18-14(20-19-13)10-4-5-17-12(7-10)8-16/h1-7H. The van der Waals surface area contributed by atoms with Crippen LogP contribution in [0, 0.1) is 11.3 Å². The van der Waals surface area contributed by atoms with E-state index >= 15 is 0 Å². The predicted octanol–water partition coefficient (Wildman–Crippen LogP) is 3.32. The van der Waals surface area contributed by atoms with Gasteiger partial charge in [0.25, 0.3) is 5.89 Å². The number of pyridine rings is 1. The fourth-order valence-corrected chi connectivity index (χ4v) is 1.90. The average molecular weight is 283 g/mol. The highest BCUT2D eigenvalue weighted by atomic mass is 35.5. The van der Waals surface area contributed by atoms with E-state index in [4.69, 9.17) is 21.4 Å². The first-order valence-corrected chi connectivity index (χ1v) is 6.10. The van der Waals surface area contributed by atoms with E-state index in [1.807, 2.05) is 18.2 Å². The lowest BCUT2D eigenvalue weighted by molar-refractivity contribution is 0.432. The number of nitrogens with zero attached hydrogens (tertiary/aromatic N) is 4. The summed E-state index contributed by atoms with van der Waals surface area (Å²) in [6, 6.07) is 12.4. The molecular weight excluding hydrogens is 276 g/mol. The molecular formula is C14H7ClN4O. The quantitative estimate of drug-likeness (QED) is 0.720. The van der Waals surface area contributed by atoms with Gasteiger partial charge in [-0.15, -0.1) is 0 Å². The third-order valence-corrected chi connectivity index (χ3v) is 2.87. The number of benzene rings is 1. The minimum absolute atomic E-state index is 0.296. The van der Waals surface area contributed by atoms with Gasteiger partial charge in [-0.1, -0.05) is 28.9 Å². The first-order chi connectivity index (χ1) is 9.76. The molecule has 3 rings (SSSR count). The highest BCUT2D eigenvalue weighted by molar-refractivity contribution is 6.30. The van der Waals surface area contributed by atoms with E-state index in [9.17, 15) is 0 Å². The van der Waals surface area contributed by atoms with Crippen molar-refractivity contribution in [3.8, 4) is 28.9 Å². The van der Waals surface area contributed by atoms with Crippen LogP contribution in [0.5, 0.6) is 0 Å². The highest BCUT2D eigenvalue weighted by Crippen LogP contribution is 2.24. The molecule has 0 aliphatic rings. The van der Waals surface area contributed by atoms with E-state index in [0.29, 0.717) is 28.0 Å². The van der Waals surface area contributed by atoms with Crippen LogP contribution in [0.3, 0.4) is 0 Å². The van der Waals surface area contributed by atoms with Crippen LogP contribution in [0.2, 0.25) is 5.02 Å². The summed E-state index contributed by atoms with van der Waals surface area (Å²) in [4.78, 5) is 8.19. The molecule has 0 radical (unpaired) electrons. The number of rotatable bonds is 2. The van der Waals surface area contributed by atoms with Crippen LogP contribution in [-0.4, -0.2) is 15.1 Å². The van der Waals surface area contributed by atoms with Crippen LogP contribution in [0.15, 0.2) is 47.1 Å². The second-order valence-corrected chi connectivity index (χ2v) is 4.41. The Morgan fingerprint density at radius 2 is 2.05 bits per heavy atom. The van der Waals surface area contributed by atoms with Crippen LogP contribution >= 0.6 is 11.6 Å². The molecule has 0 saturated carbocycles. The van der Waals surface area contributed by atoms with E-state index in [1.165, 1.54) is 6.20 Å². The van der Waals surface area contributed by atoms with E-state index < -0.39 is 0 Å². The zero-order valence-corrected chi connectivity index (χ0v) is 10.9. The van der Waals surface area contributed by atoms with Gasteiger partial charge in [-0.2, -0.15) is 10.2 Å². The molecule has 2 heterocycles. The fourth-order valence-electron chi connectivity index (χ4n) is 1.71. The van der Waals surface area contributed by atoms with Crippen molar-refractivity contribution in [2.45, 2.75) is 0 Å². The van der Waals surface area contributed by atoms with Crippen LogP contribution < -0.4 is 0 Å². The number of hydrogen-bond acceptors (Lipinski definition) is 5. The van der Waals surface area contributed by atoms with Gasteiger partial charge in [0.15, 0.2) is 0 Å². The Morgan fingerprint density at radius 1 is 1.15 bits per heavy atom. The maximum Gasteiger partial charge on any atom is 0.258 e. The van der Waals surface area contributed by atoms with Gasteiger partial charge in [0, 0.05) is 22.3 Å². The molecule has 5 nitrogen and oxygen atoms in total. The summed E-state index contributed by atoms with van der Waals surface area (Å²) in [5, 5.41) is 13.3. The van der Waals surface area contributed by atoms with Gasteiger partial charge in [0.1, 0.15) is 11.8 Å². The van der Waals surface area contributed by atoms with E-state index in [2.05, 4.69) is 15.1 Å². The molecule has 0 aliphatic heterocycles. The minimum atomic E-state index is 0.296.